The molecule has 5 nitrogen and oxygen atoms in total. The Hall–Kier alpha value is -1.07. The Bertz CT molecular complexity index is 353. The first-order valence-corrected chi connectivity index (χ1v) is 8.03. The molecular weight excluding hydrogens is 304 g/mol. The molecule has 0 atom stereocenters. The zero-order valence-electron chi connectivity index (χ0n) is 13.5. The average Bonchev–Trinajstić information content (AvgIpc) is 2.46. The van der Waals surface area contributed by atoms with Crippen molar-refractivity contribution in [2.24, 2.45) is 0 Å². The van der Waals surface area contributed by atoms with Crippen LogP contribution in [0.4, 0.5) is 0 Å². The maximum atomic E-state index is 12.0. The van der Waals surface area contributed by atoms with Crippen LogP contribution in [0.1, 0.15) is 45.4 Å². The van der Waals surface area contributed by atoms with Crippen molar-refractivity contribution < 1.29 is 14.7 Å². The smallest absolute Gasteiger partial charge is 0.317 e. The van der Waals surface area contributed by atoms with Gasteiger partial charge >= 0.3 is 5.97 Å². The highest BCUT2D eigenvalue weighted by atomic mass is 35.5. The van der Waals surface area contributed by atoms with Crippen LogP contribution in [0.5, 0.6) is 0 Å². The number of hydrogen-bond donors (Lipinski definition) is 1. The molecule has 0 bridgehead atoms. The van der Waals surface area contributed by atoms with Gasteiger partial charge in [0.2, 0.25) is 5.91 Å². The van der Waals surface area contributed by atoms with E-state index in [0.717, 1.165) is 12.8 Å². The Balaban J connectivity index is 0.00000441. The van der Waals surface area contributed by atoms with E-state index in [1.807, 2.05) is 11.0 Å². The van der Waals surface area contributed by atoms with E-state index < -0.39 is 5.97 Å². The van der Waals surface area contributed by atoms with Gasteiger partial charge in [-0.1, -0.05) is 38.7 Å². The van der Waals surface area contributed by atoms with E-state index in [1.165, 1.54) is 25.7 Å². The molecule has 0 saturated carbocycles. The van der Waals surface area contributed by atoms with E-state index in [1.54, 1.807) is 11.0 Å². The Kier molecular flexibility index (Phi) is 11.9. The molecule has 0 aromatic carbocycles. The van der Waals surface area contributed by atoms with Crippen LogP contribution in [0, 0.1) is 0 Å². The Morgan fingerprint density at radius 2 is 1.68 bits per heavy atom. The second-order valence-electron chi connectivity index (χ2n) is 5.60. The number of hydrogen-bond acceptors (Lipinski definition) is 3. The molecule has 0 aromatic rings. The Morgan fingerprint density at radius 1 is 1.05 bits per heavy atom. The first-order valence-electron chi connectivity index (χ1n) is 8.03. The molecular formula is C16H29ClN2O3. The van der Waals surface area contributed by atoms with Gasteiger partial charge in [-0.15, -0.1) is 12.4 Å². The molecule has 1 saturated heterocycles. The number of nitrogens with zero attached hydrogens (tertiary/aromatic N) is 2. The lowest BCUT2D eigenvalue weighted by Crippen LogP contribution is -2.49. The number of carboxylic acids is 1. The van der Waals surface area contributed by atoms with Crippen LogP contribution in [-0.4, -0.2) is 59.5 Å². The first kappa shape index (κ1) is 20.9. The molecule has 1 amide bonds. The molecule has 1 aliphatic heterocycles. The van der Waals surface area contributed by atoms with E-state index in [-0.39, 0.29) is 24.9 Å². The molecule has 1 rings (SSSR count). The molecule has 128 valence electrons. The van der Waals surface area contributed by atoms with Gasteiger partial charge in [0, 0.05) is 26.2 Å². The second kappa shape index (κ2) is 12.5. The van der Waals surface area contributed by atoms with Gasteiger partial charge in [-0.2, -0.15) is 0 Å². The quantitative estimate of drug-likeness (QED) is 0.520. The van der Waals surface area contributed by atoms with Gasteiger partial charge in [0.05, 0.1) is 6.54 Å². The number of unbranched alkanes of at least 4 members (excludes halogenated alkanes) is 5. The fourth-order valence-corrected chi connectivity index (χ4v) is 2.47. The van der Waals surface area contributed by atoms with Gasteiger partial charge < -0.3 is 10.0 Å². The minimum absolute atomic E-state index is 0. The predicted octanol–water partition coefficient (Wildman–Crippen LogP) is 2.55. The van der Waals surface area contributed by atoms with Crippen molar-refractivity contribution >= 4 is 24.3 Å². The number of carbonyl (C=O) groups excluding carboxylic acids is 1. The normalized spacial score (nSPS) is 15.8. The highest BCUT2D eigenvalue weighted by Crippen LogP contribution is 2.06. The molecule has 0 spiro atoms. The third-order valence-electron chi connectivity index (χ3n) is 3.78. The summed E-state index contributed by atoms with van der Waals surface area (Å²) < 4.78 is 0. The topological polar surface area (TPSA) is 60.9 Å². The molecule has 0 radical (unpaired) electrons. The van der Waals surface area contributed by atoms with Gasteiger partial charge in [0.1, 0.15) is 0 Å². The van der Waals surface area contributed by atoms with Gasteiger partial charge in [-0.3, -0.25) is 14.5 Å². The molecule has 1 heterocycles. The summed E-state index contributed by atoms with van der Waals surface area (Å²) in [5.41, 5.74) is 0. The summed E-state index contributed by atoms with van der Waals surface area (Å²) in [5, 5.41) is 8.73. The van der Waals surface area contributed by atoms with Crippen molar-refractivity contribution in [2.75, 3.05) is 32.7 Å². The van der Waals surface area contributed by atoms with Gasteiger partial charge in [-0.25, -0.2) is 0 Å². The summed E-state index contributed by atoms with van der Waals surface area (Å²) in [4.78, 5) is 26.2. The van der Waals surface area contributed by atoms with Crippen LogP contribution in [0.15, 0.2) is 12.2 Å². The molecule has 0 aromatic heterocycles. The Labute approximate surface area is 139 Å². The number of aliphatic carboxylic acids is 1. The van der Waals surface area contributed by atoms with E-state index in [9.17, 15) is 9.59 Å². The van der Waals surface area contributed by atoms with Crippen LogP contribution in [0.2, 0.25) is 0 Å². The number of carbonyl (C=O) groups is 2. The highest BCUT2D eigenvalue weighted by Gasteiger charge is 2.20. The van der Waals surface area contributed by atoms with Gasteiger partial charge in [0.25, 0.3) is 0 Å². The van der Waals surface area contributed by atoms with E-state index in [4.69, 9.17) is 5.11 Å². The van der Waals surface area contributed by atoms with Crippen molar-refractivity contribution in [3.05, 3.63) is 12.2 Å². The third kappa shape index (κ3) is 9.05. The van der Waals surface area contributed by atoms with E-state index in [0.29, 0.717) is 26.2 Å². The molecule has 1 fully saturated rings. The largest absolute Gasteiger partial charge is 0.480 e. The minimum Gasteiger partial charge on any atom is -0.480 e. The van der Waals surface area contributed by atoms with Crippen LogP contribution in [0.3, 0.4) is 0 Å². The second-order valence-corrected chi connectivity index (χ2v) is 5.60. The summed E-state index contributed by atoms with van der Waals surface area (Å²) in [6.07, 6.45) is 10.8. The van der Waals surface area contributed by atoms with Crippen molar-refractivity contribution in [3.8, 4) is 0 Å². The highest BCUT2D eigenvalue weighted by molar-refractivity contribution is 5.87. The van der Waals surface area contributed by atoms with Crippen molar-refractivity contribution in [1.82, 2.24) is 9.80 Å². The summed E-state index contributed by atoms with van der Waals surface area (Å²) in [7, 11) is 0. The van der Waals surface area contributed by atoms with Crippen LogP contribution >= 0.6 is 12.4 Å². The summed E-state index contributed by atoms with van der Waals surface area (Å²) in [5.74, 6) is -0.753. The first-order chi connectivity index (χ1) is 10.1. The summed E-state index contributed by atoms with van der Waals surface area (Å²) in [6, 6.07) is 0. The minimum atomic E-state index is -0.808. The third-order valence-corrected chi connectivity index (χ3v) is 3.78. The van der Waals surface area contributed by atoms with Gasteiger partial charge in [0.15, 0.2) is 0 Å². The van der Waals surface area contributed by atoms with Crippen molar-refractivity contribution in [2.45, 2.75) is 45.4 Å². The zero-order valence-corrected chi connectivity index (χ0v) is 14.3. The van der Waals surface area contributed by atoms with Crippen LogP contribution in [0.25, 0.3) is 0 Å². The lowest BCUT2D eigenvalue weighted by Gasteiger charge is -2.33. The lowest BCUT2D eigenvalue weighted by molar-refractivity contribution is -0.139. The fraction of sp³-hybridized carbons (Fsp3) is 0.750. The van der Waals surface area contributed by atoms with E-state index >= 15 is 0 Å². The monoisotopic (exact) mass is 332 g/mol. The molecule has 1 aliphatic rings. The van der Waals surface area contributed by atoms with Crippen LogP contribution in [-0.2, 0) is 9.59 Å². The SMILES string of the molecule is CCCCCCC/C=C/C(=O)N1CCN(CC(=O)O)CC1.Cl. The fourth-order valence-electron chi connectivity index (χ4n) is 2.47. The standard InChI is InChI=1S/C16H28N2O3.ClH/c1-2-3-4-5-6-7-8-9-15(19)18-12-10-17(11-13-18)14-16(20)21;/h8-9H,2-7,10-14H2,1H3,(H,20,21);1H/b9-8+;. The molecule has 1 N–H and O–H groups in total. The molecule has 0 aliphatic carbocycles. The number of allylic oxidation sites excluding steroid dienone is 1. The van der Waals surface area contributed by atoms with Crippen LogP contribution < -0.4 is 0 Å². The summed E-state index contributed by atoms with van der Waals surface area (Å²) in [6.45, 7) is 4.79. The number of carboxylic acid groups (broad SMARTS) is 1. The summed E-state index contributed by atoms with van der Waals surface area (Å²) >= 11 is 0. The van der Waals surface area contributed by atoms with Gasteiger partial charge in [-0.05, 0) is 18.9 Å². The Morgan fingerprint density at radius 3 is 2.27 bits per heavy atom. The van der Waals surface area contributed by atoms with E-state index in [2.05, 4.69) is 6.92 Å². The molecule has 6 heteroatoms. The number of halogens is 1. The average molecular weight is 333 g/mol. The maximum absolute atomic E-state index is 12.0. The number of piperazine rings is 1. The number of amides is 1. The lowest BCUT2D eigenvalue weighted by atomic mass is 10.1. The number of rotatable bonds is 9. The maximum Gasteiger partial charge on any atom is 0.317 e. The van der Waals surface area contributed by atoms with Crippen molar-refractivity contribution in [3.63, 3.8) is 0 Å². The molecule has 0 unspecified atom stereocenters. The van der Waals surface area contributed by atoms with Crippen molar-refractivity contribution in [1.29, 1.82) is 0 Å². The molecule has 22 heavy (non-hydrogen) atoms. The zero-order chi connectivity index (χ0) is 15.5. The predicted molar refractivity (Wildman–Crippen MR) is 90.4 cm³/mol.